The molecule has 1 fully saturated rings. The Morgan fingerprint density at radius 2 is 1.94 bits per heavy atom. The van der Waals surface area contributed by atoms with Crippen molar-refractivity contribution in [3.63, 3.8) is 0 Å². The van der Waals surface area contributed by atoms with Gasteiger partial charge in [0.25, 0.3) is 5.79 Å². The molecule has 0 bridgehead atoms. The molecule has 5 heteroatoms. The lowest BCUT2D eigenvalue weighted by Gasteiger charge is -2.21. The van der Waals surface area contributed by atoms with Crippen LogP contribution in [0.4, 0.5) is 0 Å². The highest BCUT2D eigenvalue weighted by atomic mass is 35.5. The summed E-state index contributed by atoms with van der Waals surface area (Å²) in [6.07, 6.45) is 4.20. The SMILES string of the molecule is CONCc1cc2c(cc1Cl)OC1(CCCC1)O2. The number of ether oxygens (including phenoxy) is 2. The molecule has 2 aliphatic rings. The van der Waals surface area contributed by atoms with Crippen LogP contribution < -0.4 is 15.0 Å². The fourth-order valence-electron chi connectivity index (χ4n) is 2.56. The second-order valence-electron chi connectivity index (χ2n) is 4.74. The minimum absolute atomic E-state index is 0.432. The number of fused-ring (bicyclic) bond motifs is 1. The Balaban J connectivity index is 1.85. The van der Waals surface area contributed by atoms with E-state index in [2.05, 4.69) is 5.48 Å². The van der Waals surface area contributed by atoms with Crippen LogP contribution in [0.25, 0.3) is 0 Å². The third kappa shape index (κ3) is 2.05. The molecule has 0 radical (unpaired) electrons. The molecule has 3 rings (SSSR count). The zero-order valence-electron chi connectivity index (χ0n) is 10.3. The van der Waals surface area contributed by atoms with Gasteiger partial charge >= 0.3 is 0 Å². The first-order valence-electron chi connectivity index (χ1n) is 6.19. The molecule has 18 heavy (non-hydrogen) atoms. The molecule has 4 nitrogen and oxygen atoms in total. The summed E-state index contributed by atoms with van der Waals surface area (Å²) in [4.78, 5) is 4.83. The van der Waals surface area contributed by atoms with Crippen LogP contribution >= 0.6 is 11.6 Å². The molecule has 1 saturated carbocycles. The molecule has 0 saturated heterocycles. The molecular weight excluding hydrogens is 254 g/mol. The highest BCUT2D eigenvalue weighted by molar-refractivity contribution is 6.31. The maximum absolute atomic E-state index is 6.21. The lowest BCUT2D eigenvalue weighted by atomic mass is 10.2. The Labute approximate surface area is 111 Å². The average molecular weight is 270 g/mol. The molecule has 98 valence electrons. The summed E-state index contributed by atoms with van der Waals surface area (Å²) in [5.41, 5.74) is 3.72. The molecule has 1 spiro atoms. The second kappa shape index (κ2) is 4.61. The maximum Gasteiger partial charge on any atom is 0.251 e. The highest BCUT2D eigenvalue weighted by Gasteiger charge is 2.44. The lowest BCUT2D eigenvalue weighted by molar-refractivity contribution is -0.0716. The van der Waals surface area contributed by atoms with Crippen LogP contribution in [0.3, 0.4) is 0 Å². The Morgan fingerprint density at radius 1 is 1.28 bits per heavy atom. The van der Waals surface area contributed by atoms with Gasteiger partial charge < -0.3 is 14.3 Å². The Bertz CT molecular complexity index is 458. The third-order valence-electron chi connectivity index (χ3n) is 3.48. The van der Waals surface area contributed by atoms with Gasteiger partial charge in [0, 0.05) is 30.5 Å². The van der Waals surface area contributed by atoms with Crippen LogP contribution in [0.5, 0.6) is 11.5 Å². The highest BCUT2D eigenvalue weighted by Crippen LogP contribution is 2.48. The van der Waals surface area contributed by atoms with Crippen molar-refractivity contribution < 1.29 is 14.3 Å². The van der Waals surface area contributed by atoms with Gasteiger partial charge in [0.1, 0.15) is 0 Å². The summed E-state index contributed by atoms with van der Waals surface area (Å²) < 4.78 is 11.9. The molecule has 1 aromatic rings. The minimum atomic E-state index is -0.432. The Morgan fingerprint density at radius 3 is 2.61 bits per heavy atom. The Kier molecular flexibility index (Phi) is 3.09. The van der Waals surface area contributed by atoms with E-state index in [1.807, 2.05) is 12.1 Å². The van der Waals surface area contributed by atoms with Gasteiger partial charge in [0.2, 0.25) is 0 Å². The zero-order valence-corrected chi connectivity index (χ0v) is 11.0. The number of hydrogen-bond donors (Lipinski definition) is 1. The molecule has 1 aliphatic heterocycles. The van der Waals surface area contributed by atoms with E-state index in [1.54, 1.807) is 7.11 Å². The van der Waals surface area contributed by atoms with Gasteiger partial charge in [0.05, 0.1) is 7.11 Å². The predicted molar refractivity (Wildman–Crippen MR) is 67.8 cm³/mol. The number of hydrogen-bond acceptors (Lipinski definition) is 4. The quantitative estimate of drug-likeness (QED) is 0.856. The van der Waals surface area contributed by atoms with Crippen molar-refractivity contribution in [2.24, 2.45) is 0 Å². The van der Waals surface area contributed by atoms with Crippen molar-refractivity contribution in [1.29, 1.82) is 0 Å². The first-order valence-corrected chi connectivity index (χ1v) is 6.56. The van der Waals surface area contributed by atoms with Crippen molar-refractivity contribution in [1.82, 2.24) is 5.48 Å². The number of nitrogens with one attached hydrogen (secondary N) is 1. The normalized spacial score (nSPS) is 19.7. The molecule has 1 heterocycles. The van der Waals surface area contributed by atoms with Crippen molar-refractivity contribution >= 4 is 11.6 Å². The summed E-state index contributed by atoms with van der Waals surface area (Å²) >= 11 is 6.21. The number of rotatable bonds is 3. The van der Waals surface area contributed by atoms with E-state index >= 15 is 0 Å². The summed E-state index contributed by atoms with van der Waals surface area (Å²) in [5, 5.41) is 0.664. The van der Waals surface area contributed by atoms with Crippen molar-refractivity contribution in [2.75, 3.05) is 7.11 Å². The molecule has 0 amide bonds. The molecular formula is C13H16ClNO3. The first kappa shape index (κ1) is 12.1. The monoisotopic (exact) mass is 269 g/mol. The van der Waals surface area contributed by atoms with Gasteiger partial charge in [-0.1, -0.05) is 11.6 Å². The van der Waals surface area contributed by atoms with E-state index < -0.39 is 5.79 Å². The van der Waals surface area contributed by atoms with Crippen LogP contribution in [0, 0.1) is 0 Å². The summed E-state index contributed by atoms with van der Waals surface area (Å²) in [6, 6.07) is 3.76. The topological polar surface area (TPSA) is 39.7 Å². The molecule has 0 aromatic heterocycles. The van der Waals surface area contributed by atoms with Gasteiger partial charge in [0.15, 0.2) is 11.5 Å². The molecule has 0 unspecified atom stereocenters. The summed E-state index contributed by atoms with van der Waals surface area (Å²) in [7, 11) is 1.58. The van der Waals surface area contributed by atoms with Crippen molar-refractivity contribution in [2.45, 2.75) is 38.0 Å². The van der Waals surface area contributed by atoms with Gasteiger partial charge in [-0.15, -0.1) is 0 Å². The maximum atomic E-state index is 6.21. The summed E-state index contributed by atoms with van der Waals surface area (Å²) in [6.45, 7) is 0.541. The lowest BCUT2D eigenvalue weighted by Crippen LogP contribution is -2.34. The van der Waals surface area contributed by atoms with E-state index in [9.17, 15) is 0 Å². The van der Waals surface area contributed by atoms with Crippen LogP contribution in [-0.2, 0) is 11.4 Å². The van der Waals surface area contributed by atoms with Crippen LogP contribution in [-0.4, -0.2) is 12.9 Å². The van der Waals surface area contributed by atoms with Gasteiger partial charge in [-0.3, -0.25) is 0 Å². The molecule has 0 atom stereocenters. The van der Waals surface area contributed by atoms with Crippen molar-refractivity contribution in [3.8, 4) is 11.5 Å². The Hall–Kier alpha value is -0.970. The van der Waals surface area contributed by atoms with E-state index in [4.69, 9.17) is 25.9 Å². The van der Waals surface area contributed by atoms with Gasteiger partial charge in [-0.25, -0.2) is 0 Å². The van der Waals surface area contributed by atoms with Crippen molar-refractivity contribution in [3.05, 3.63) is 22.7 Å². The fourth-order valence-corrected chi connectivity index (χ4v) is 2.78. The smallest absolute Gasteiger partial charge is 0.251 e. The van der Waals surface area contributed by atoms with Gasteiger partial charge in [-0.05, 0) is 24.5 Å². The van der Waals surface area contributed by atoms with E-state index in [1.165, 1.54) is 0 Å². The molecule has 1 aromatic carbocycles. The number of halogens is 1. The zero-order chi connectivity index (χ0) is 12.6. The first-order chi connectivity index (χ1) is 8.72. The molecule has 1 aliphatic carbocycles. The predicted octanol–water partition coefficient (Wildman–Crippen LogP) is 3.03. The van der Waals surface area contributed by atoms with Crippen LogP contribution in [0.1, 0.15) is 31.2 Å². The molecule has 1 N–H and O–H groups in total. The van der Waals surface area contributed by atoms with E-state index in [0.717, 1.165) is 42.7 Å². The summed E-state index contributed by atoms with van der Waals surface area (Å²) in [5.74, 6) is 1.11. The number of hydroxylamine groups is 1. The van der Waals surface area contributed by atoms with E-state index in [-0.39, 0.29) is 0 Å². The minimum Gasteiger partial charge on any atom is -0.448 e. The van der Waals surface area contributed by atoms with E-state index in [0.29, 0.717) is 11.6 Å². The standard InChI is InChI=1S/C13H16ClNO3/c1-16-15-8-9-6-11-12(7-10(9)14)18-13(17-11)4-2-3-5-13/h6-7,15H,2-5,8H2,1H3. The third-order valence-corrected chi connectivity index (χ3v) is 3.83. The van der Waals surface area contributed by atoms with Gasteiger partial charge in [-0.2, -0.15) is 5.48 Å². The van der Waals surface area contributed by atoms with Crippen LogP contribution in [0.15, 0.2) is 12.1 Å². The number of benzene rings is 1. The fraction of sp³-hybridized carbons (Fsp3) is 0.538. The van der Waals surface area contributed by atoms with Crippen LogP contribution in [0.2, 0.25) is 5.02 Å². The second-order valence-corrected chi connectivity index (χ2v) is 5.14. The average Bonchev–Trinajstić information content (AvgIpc) is 2.93. The largest absolute Gasteiger partial charge is 0.448 e.